The minimum atomic E-state index is -0.565. The van der Waals surface area contributed by atoms with E-state index in [1.54, 1.807) is 37.4 Å². The van der Waals surface area contributed by atoms with Crippen molar-refractivity contribution in [2.24, 2.45) is 0 Å². The molecule has 2 aromatic carbocycles. The lowest BCUT2D eigenvalue weighted by molar-refractivity contribution is -0.383. The Balaban J connectivity index is 1.65. The second kappa shape index (κ2) is 8.32. The number of ketones is 1. The highest BCUT2D eigenvalue weighted by Gasteiger charge is 2.24. The van der Waals surface area contributed by atoms with Gasteiger partial charge in [0.25, 0.3) is 0 Å². The second-order valence-electron chi connectivity index (χ2n) is 6.41. The Morgan fingerprint density at radius 2 is 1.81 bits per heavy atom. The Labute approximate surface area is 180 Å². The minimum Gasteiger partial charge on any atom is -0.497 e. The van der Waals surface area contributed by atoms with E-state index in [4.69, 9.17) is 4.74 Å². The molecule has 10 nitrogen and oxygen atoms in total. The first-order chi connectivity index (χ1) is 14.9. The van der Waals surface area contributed by atoms with Gasteiger partial charge < -0.3 is 15.4 Å². The smallest absolute Gasteiger partial charge is 0.353 e. The van der Waals surface area contributed by atoms with Gasteiger partial charge >= 0.3 is 5.69 Å². The Morgan fingerprint density at radius 1 is 1.10 bits per heavy atom. The third-order valence-electron chi connectivity index (χ3n) is 4.38. The number of ether oxygens (including phenoxy) is 1. The van der Waals surface area contributed by atoms with E-state index in [2.05, 4.69) is 25.6 Å². The van der Waals surface area contributed by atoms with Crippen molar-refractivity contribution >= 4 is 55.5 Å². The molecule has 0 spiro atoms. The molecule has 11 heteroatoms. The van der Waals surface area contributed by atoms with Crippen molar-refractivity contribution in [1.82, 2.24) is 15.0 Å². The molecular weight excluding hydrogens is 420 g/mol. The monoisotopic (exact) mass is 436 g/mol. The molecule has 2 heterocycles. The average Bonchev–Trinajstić information content (AvgIpc) is 3.15. The fourth-order valence-electron chi connectivity index (χ4n) is 2.85. The topological polar surface area (TPSA) is 132 Å². The maximum Gasteiger partial charge on any atom is 0.353 e. The number of carbonyl (C=O) groups is 1. The number of nitro groups is 1. The number of hydrogen-bond acceptors (Lipinski definition) is 10. The summed E-state index contributed by atoms with van der Waals surface area (Å²) in [5, 5.41) is 18.1. The van der Waals surface area contributed by atoms with Crippen LogP contribution < -0.4 is 15.4 Å². The van der Waals surface area contributed by atoms with Crippen LogP contribution in [0.1, 0.15) is 17.3 Å². The van der Waals surface area contributed by atoms with Crippen molar-refractivity contribution in [2.45, 2.75) is 6.92 Å². The summed E-state index contributed by atoms with van der Waals surface area (Å²) in [6.45, 7) is 1.47. The second-order valence-corrected chi connectivity index (χ2v) is 7.44. The van der Waals surface area contributed by atoms with E-state index >= 15 is 0 Å². The van der Waals surface area contributed by atoms with Crippen LogP contribution in [0.5, 0.6) is 5.75 Å². The molecule has 0 unspecified atom stereocenters. The summed E-state index contributed by atoms with van der Waals surface area (Å²) in [5.74, 6) is 0.646. The van der Waals surface area contributed by atoms with Crippen molar-refractivity contribution in [3.05, 3.63) is 64.5 Å². The number of rotatable bonds is 7. The summed E-state index contributed by atoms with van der Waals surface area (Å²) in [6, 6.07) is 12.0. The Bertz CT molecular complexity index is 1290. The zero-order valence-electron chi connectivity index (χ0n) is 16.4. The standard InChI is InChI=1S/C20H16N6O4S/c1-11(27)12-3-5-13(6-4-12)23-18-17(26(28)29)19(22-10-21-18)25-20-24-15-8-7-14(30-2)9-16(15)31-20/h3-10H,1-2H3,(H2,21,22,23,24,25). The molecule has 0 aliphatic heterocycles. The number of benzene rings is 2. The Morgan fingerprint density at radius 3 is 2.45 bits per heavy atom. The number of Topliss-reactive ketones (excluding diaryl/α,β-unsaturated/α-hetero) is 1. The highest BCUT2D eigenvalue weighted by Crippen LogP contribution is 2.36. The van der Waals surface area contributed by atoms with Gasteiger partial charge in [-0.2, -0.15) is 0 Å². The van der Waals surface area contributed by atoms with E-state index < -0.39 is 4.92 Å². The maximum absolute atomic E-state index is 11.8. The molecule has 156 valence electrons. The van der Waals surface area contributed by atoms with Gasteiger partial charge in [-0.05, 0) is 49.4 Å². The molecule has 0 saturated carbocycles. The summed E-state index contributed by atoms with van der Waals surface area (Å²) in [7, 11) is 1.58. The van der Waals surface area contributed by atoms with Gasteiger partial charge in [-0.3, -0.25) is 14.9 Å². The number of carbonyl (C=O) groups excluding carboxylic acids is 1. The van der Waals surface area contributed by atoms with Gasteiger partial charge in [0.1, 0.15) is 12.1 Å². The van der Waals surface area contributed by atoms with E-state index in [0.29, 0.717) is 22.1 Å². The molecule has 0 fully saturated rings. The van der Waals surface area contributed by atoms with E-state index in [9.17, 15) is 14.9 Å². The van der Waals surface area contributed by atoms with Crippen molar-refractivity contribution in [1.29, 1.82) is 0 Å². The van der Waals surface area contributed by atoms with E-state index in [0.717, 1.165) is 10.2 Å². The summed E-state index contributed by atoms with van der Waals surface area (Å²) in [6.07, 6.45) is 1.22. The first-order valence-electron chi connectivity index (χ1n) is 9.03. The number of hydrogen-bond donors (Lipinski definition) is 2. The fourth-order valence-corrected chi connectivity index (χ4v) is 3.74. The molecular formula is C20H16N6O4S. The van der Waals surface area contributed by atoms with Gasteiger partial charge in [0, 0.05) is 11.3 Å². The average molecular weight is 436 g/mol. The molecule has 0 aliphatic rings. The number of anilines is 4. The molecule has 4 rings (SSSR count). The number of nitrogens with zero attached hydrogens (tertiary/aromatic N) is 4. The first kappa shape index (κ1) is 20.2. The zero-order chi connectivity index (χ0) is 22.0. The van der Waals surface area contributed by atoms with Crippen molar-refractivity contribution in [2.75, 3.05) is 17.7 Å². The van der Waals surface area contributed by atoms with Crippen LogP contribution in [0.15, 0.2) is 48.8 Å². The quantitative estimate of drug-likeness (QED) is 0.240. The summed E-state index contributed by atoms with van der Waals surface area (Å²) >= 11 is 1.32. The number of thiazole rings is 1. The van der Waals surface area contributed by atoms with Gasteiger partial charge in [0.05, 0.1) is 22.2 Å². The fraction of sp³-hybridized carbons (Fsp3) is 0.100. The van der Waals surface area contributed by atoms with Crippen LogP contribution in [-0.4, -0.2) is 32.8 Å². The van der Waals surface area contributed by atoms with Gasteiger partial charge in [-0.1, -0.05) is 11.3 Å². The predicted molar refractivity (Wildman–Crippen MR) is 118 cm³/mol. The largest absolute Gasteiger partial charge is 0.497 e. The van der Waals surface area contributed by atoms with Gasteiger partial charge in [-0.25, -0.2) is 15.0 Å². The third kappa shape index (κ3) is 4.26. The van der Waals surface area contributed by atoms with Crippen LogP contribution in [0.25, 0.3) is 10.2 Å². The normalized spacial score (nSPS) is 10.6. The molecule has 0 bridgehead atoms. The lowest BCUT2D eigenvalue weighted by Gasteiger charge is -2.09. The Kier molecular flexibility index (Phi) is 5.41. The molecule has 2 N–H and O–H groups in total. The molecule has 0 amide bonds. The Hall–Kier alpha value is -4.12. The van der Waals surface area contributed by atoms with Crippen LogP contribution in [0, 0.1) is 10.1 Å². The van der Waals surface area contributed by atoms with Crippen LogP contribution in [0.3, 0.4) is 0 Å². The highest BCUT2D eigenvalue weighted by molar-refractivity contribution is 7.22. The number of methoxy groups -OCH3 is 1. The maximum atomic E-state index is 11.8. The first-order valence-corrected chi connectivity index (χ1v) is 9.85. The molecule has 0 aliphatic carbocycles. The summed E-state index contributed by atoms with van der Waals surface area (Å²) in [5.41, 5.74) is 1.49. The third-order valence-corrected chi connectivity index (χ3v) is 5.31. The van der Waals surface area contributed by atoms with Gasteiger partial charge in [0.15, 0.2) is 10.9 Å². The molecule has 2 aromatic heterocycles. The molecule has 4 aromatic rings. The molecule has 0 atom stereocenters. The van der Waals surface area contributed by atoms with Crippen LogP contribution in [-0.2, 0) is 0 Å². The van der Waals surface area contributed by atoms with Crippen molar-refractivity contribution in [3.63, 3.8) is 0 Å². The van der Waals surface area contributed by atoms with E-state index in [1.807, 2.05) is 12.1 Å². The van der Waals surface area contributed by atoms with Crippen molar-refractivity contribution in [3.8, 4) is 5.75 Å². The molecule has 31 heavy (non-hydrogen) atoms. The summed E-state index contributed by atoms with van der Waals surface area (Å²) in [4.78, 5) is 35.1. The lowest BCUT2D eigenvalue weighted by atomic mass is 10.1. The zero-order valence-corrected chi connectivity index (χ0v) is 17.3. The lowest BCUT2D eigenvalue weighted by Crippen LogP contribution is -2.05. The summed E-state index contributed by atoms with van der Waals surface area (Å²) < 4.78 is 6.08. The number of nitrogens with one attached hydrogen (secondary N) is 2. The number of fused-ring (bicyclic) bond motifs is 1. The van der Waals surface area contributed by atoms with E-state index in [1.165, 1.54) is 24.6 Å². The van der Waals surface area contributed by atoms with Crippen LogP contribution in [0.2, 0.25) is 0 Å². The molecule has 0 saturated heterocycles. The predicted octanol–water partition coefficient (Wildman–Crippen LogP) is 4.69. The van der Waals surface area contributed by atoms with Crippen LogP contribution >= 0.6 is 11.3 Å². The van der Waals surface area contributed by atoms with Gasteiger partial charge in [-0.15, -0.1) is 0 Å². The SMILES string of the molecule is COc1ccc2nc(Nc3ncnc(Nc4ccc(C(C)=O)cc4)c3[N+](=O)[O-])sc2c1. The molecule has 0 radical (unpaired) electrons. The highest BCUT2D eigenvalue weighted by atomic mass is 32.1. The van der Waals surface area contributed by atoms with Gasteiger partial charge in [0.2, 0.25) is 11.6 Å². The number of aromatic nitrogens is 3. The van der Waals surface area contributed by atoms with E-state index in [-0.39, 0.29) is 23.1 Å². The van der Waals surface area contributed by atoms with Crippen LogP contribution in [0.4, 0.5) is 28.1 Å². The minimum absolute atomic E-state index is 0.00822. The van der Waals surface area contributed by atoms with Crippen molar-refractivity contribution < 1.29 is 14.5 Å².